The Morgan fingerprint density at radius 3 is 2.06 bits per heavy atom. The molecule has 0 aliphatic carbocycles. The highest BCUT2D eigenvalue weighted by atomic mass is 19.4. The number of benzene rings is 1. The highest BCUT2D eigenvalue weighted by Crippen LogP contribution is 2.29. The zero-order valence-electron chi connectivity index (χ0n) is 20.3. The minimum Gasteiger partial charge on any atom is -0.475 e. The SMILES string of the molecule is O=C(O)C(F)(F)F.O=C1CCC(Nc2ccc(N3CCC(CCC4CCNCC4)CC3)cc2)C(=O)N1. The van der Waals surface area contributed by atoms with Gasteiger partial charge in [0.15, 0.2) is 0 Å². The molecule has 3 saturated heterocycles. The topological polar surface area (TPSA) is 111 Å². The van der Waals surface area contributed by atoms with Crippen LogP contribution in [0.5, 0.6) is 0 Å². The summed E-state index contributed by atoms with van der Waals surface area (Å²) in [4.78, 5) is 34.5. The van der Waals surface area contributed by atoms with Crippen molar-refractivity contribution in [1.29, 1.82) is 0 Å². The van der Waals surface area contributed by atoms with Gasteiger partial charge in [0.25, 0.3) is 0 Å². The number of imide groups is 1. The van der Waals surface area contributed by atoms with E-state index in [2.05, 4.69) is 33.0 Å². The van der Waals surface area contributed by atoms with Gasteiger partial charge < -0.3 is 20.6 Å². The lowest BCUT2D eigenvalue weighted by Crippen LogP contribution is -2.47. The quantitative estimate of drug-likeness (QED) is 0.432. The predicted molar refractivity (Wildman–Crippen MR) is 130 cm³/mol. The predicted octanol–water partition coefficient (Wildman–Crippen LogP) is 3.53. The summed E-state index contributed by atoms with van der Waals surface area (Å²) >= 11 is 0. The number of carboxylic acids is 1. The van der Waals surface area contributed by atoms with E-state index >= 15 is 0 Å². The van der Waals surface area contributed by atoms with Crippen LogP contribution in [0.2, 0.25) is 0 Å². The molecular formula is C25H35F3N4O4. The summed E-state index contributed by atoms with van der Waals surface area (Å²) < 4.78 is 31.7. The van der Waals surface area contributed by atoms with Crippen LogP contribution in [0, 0.1) is 11.8 Å². The molecule has 200 valence electrons. The van der Waals surface area contributed by atoms with E-state index in [0.29, 0.717) is 12.8 Å². The van der Waals surface area contributed by atoms with Crippen LogP contribution in [0.15, 0.2) is 24.3 Å². The molecule has 0 saturated carbocycles. The van der Waals surface area contributed by atoms with Crippen LogP contribution in [0.4, 0.5) is 24.5 Å². The number of aliphatic carboxylic acids is 1. The number of amides is 2. The van der Waals surface area contributed by atoms with Crippen LogP contribution in [0.25, 0.3) is 0 Å². The molecule has 4 N–H and O–H groups in total. The van der Waals surface area contributed by atoms with Crippen molar-refractivity contribution >= 4 is 29.2 Å². The van der Waals surface area contributed by atoms with E-state index in [1.54, 1.807) is 0 Å². The summed E-state index contributed by atoms with van der Waals surface area (Å²) in [5, 5.41) is 16.2. The number of carbonyl (C=O) groups is 3. The Hall–Kier alpha value is -2.82. The number of carboxylic acid groups (broad SMARTS) is 1. The smallest absolute Gasteiger partial charge is 0.475 e. The lowest BCUT2D eigenvalue weighted by atomic mass is 9.85. The molecule has 0 aromatic heterocycles. The van der Waals surface area contributed by atoms with Crippen molar-refractivity contribution in [2.24, 2.45) is 11.8 Å². The Kier molecular flexibility index (Phi) is 9.98. The number of nitrogens with zero attached hydrogens (tertiary/aromatic N) is 1. The van der Waals surface area contributed by atoms with Gasteiger partial charge in [0.1, 0.15) is 6.04 Å². The van der Waals surface area contributed by atoms with Crippen molar-refractivity contribution in [2.45, 2.75) is 63.6 Å². The van der Waals surface area contributed by atoms with Crippen molar-refractivity contribution in [2.75, 3.05) is 36.4 Å². The third kappa shape index (κ3) is 8.69. The van der Waals surface area contributed by atoms with E-state index in [-0.39, 0.29) is 17.9 Å². The summed E-state index contributed by atoms with van der Waals surface area (Å²) in [6.07, 6.45) is 3.98. The Morgan fingerprint density at radius 2 is 1.53 bits per heavy atom. The highest BCUT2D eigenvalue weighted by molar-refractivity contribution is 6.01. The maximum absolute atomic E-state index is 11.9. The van der Waals surface area contributed by atoms with E-state index in [1.165, 1.54) is 57.3 Å². The van der Waals surface area contributed by atoms with E-state index in [9.17, 15) is 22.8 Å². The van der Waals surface area contributed by atoms with Gasteiger partial charge in [-0.15, -0.1) is 0 Å². The maximum atomic E-state index is 11.9. The van der Waals surface area contributed by atoms with Gasteiger partial charge in [0.05, 0.1) is 0 Å². The van der Waals surface area contributed by atoms with E-state index in [4.69, 9.17) is 9.90 Å². The minimum absolute atomic E-state index is 0.178. The van der Waals surface area contributed by atoms with E-state index < -0.39 is 12.1 Å². The zero-order valence-corrected chi connectivity index (χ0v) is 20.3. The van der Waals surface area contributed by atoms with Crippen molar-refractivity contribution < 1.29 is 32.7 Å². The van der Waals surface area contributed by atoms with Gasteiger partial charge in [-0.2, -0.15) is 13.2 Å². The molecule has 3 heterocycles. The molecule has 11 heteroatoms. The lowest BCUT2D eigenvalue weighted by molar-refractivity contribution is -0.192. The van der Waals surface area contributed by atoms with Crippen molar-refractivity contribution in [1.82, 2.24) is 10.6 Å². The van der Waals surface area contributed by atoms with Gasteiger partial charge in [-0.05, 0) is 81.3 Å². The van der Waals surface area contributed by atoms with Crippen molar-refractivity contribution in [3.63, 3.8) is 0 Å². The number of carbonyl (C=O) groups excluding carboxylic acids is 2. The summed E-state index contributed by atoms with van der Waals surface area (Å²) in [6.45, 7) is 4.68. The number of halogens is 3. The third-order valence-electron chi connectivity index (χ3n) is 7.11. The second-order valence-electron chi connectivity index (χ2n) is 9.70. The molecule has 3 aliphatic heterocycles. The summed E-state index contributed by atoms with van der Waals surface area (Å²) in [7, 11) is 0. The van der Waals surface area contributed by atoms with E-state index in [0.717, 1.165) is 30.6 Å². The fraction of sp³-hybridized carbons (Fsp3) is 0.640. The second kappa shape index (κ2) is 12.9. The molecule has 2 amide bonds. The van der Waals surface area contributed by atoms with Crippen LogP contribution >= 0.6 is 0 Å². The minimum atomic E-state index is -5.08. The first-order chi connectivity index (χ1) is 17.1. The fourth-order valence-corrected chi connectivity index (χ4v) is 4.92. The normalized spacial score (nSPS) is 21.9. The molecule has 1 aromatic carbocycles. The Bertz CT molecular complexity index is 880. The largest absolute Gasteiger partial charge is 0.490 e. The average molecular weight is 513 g/mol. The number of piperidine rings is 3. The molecular weight excluding hydrogens is 477 g/mol. The van der Waals surface area contributed by atoms with Gasteiger partial charge in [-0.1, -0.05) is 12.8 Å². The van der Waals surface area contributed by atoms with E-state index in [1.807, 2.05) is 12.1 Å². The van der Waals surface area contributed by atoms with Crippen molar-refractivity contribution in [3.05, 3.63) is 24.3 Å². The molecule has 3 fully saturated rings. The first-order valence-electron chi connectivity index (χ1n) is 12.6. The number of rotatable bonds is 6. The van der Waals surface area contributed by atoms with Gasteiger partial charge in [0, 0.05) is 30.9 Å². The average Bonchev–Trinajstić information content (AvgIpc) is 2.86. The Balaban J connectivity index is 0.000000454. The van der Waals surface area contributed by atoms with Crippen LogP contribution < -0.4 is 20.9 Å². The standard InChI is InChI=1S/C23H34N4O2.C2HF3O2/c28-22-8-7-21(23(29)26-22)25-19-3-5-20(6-4-19)27-15-11-18(12-16-27)2-1-17-9-13-24-14-10-17;3-2(4,5)1(6)7/h3-6,17-18,21,24-25H,1-2,7-16H2,(H,26,28,29);(H,6,7). The number of hydrogen-bond acceptors (Lipinski definition) is 6. The van der Waals surface area contributed by atoms with Crippen LogP contribution in [0.1, 0.15) is 51.4 Å². The third-order valence-corrected chi connectivity index (χ3v) is 7.11. The number of hydrogen-bond donors (Lipinski definition) is 4. The van der Waals surface area contributed by atoms with Gasteiger partial charge in [-0.3, -0.25) is 14.9 Å². The first-order valence-corrected chi connectivity index (χ1v) is 12.6. The molecule has 0 bridgehead atoms. The Labute approximate surface area is 209 Å². The number of nitrogens with one attached hydrogen (secondary N) is 3. The van der Waals surface area contributed by atoms with Gasteiger partial charge in [-0.25, -0.2) is 4.79 Å². The molecule has 1 atom stereocenters. The summed E-state index contributed by atoms with van der Waals surface area (Å²) in [5.41, 5.74) is 2.19. The number of anilines is 2. The van der Waals surface area contributed by atoms with Crippen molar-refractivity contribution in [3.8, 4) is 0 Å². The van der Waals surface area contributed by atoms with Gasteiger partial charge in [0.2, 0.25) is 11.8 Å². The monoisotopic (exact) mass is 512 g/mol. The molecule has 0 spiro atoms. The first kappa shape index (κ1) is 27.8. The fourth-order valence-electron chi connectivity index (χ4n) is 4.92. The number of alkyl halides is 3. The molecule has 0 radical (unpaired) electrons. The molecule has 8 nitrogen and oxygen atoms in total. The molecule has 1 unspecified atom stereocenters. The maximum Gasteiger partial charge on any atom is 0.490 e. The van der Waals surface area contributed by atoms with Crippen LogP contribution in [-0.2, 0) is 14.4 Å². The lowest BCUT2D eigenvalue weighted by Gasteiger charge is -2.34. The molecule has 4 rings (SSSR count). The van der Waals surface area contributed by atoms with Crippen LogP contribution in [0.3, 0.4) is 0 Å². The second-order valence-corrected chi connectivity index (χ2v) is 9.70. The summed E-state index contributed by atoms with van der Waals surface area (Å²) in [5.74, 6) is -1.33. The van der Waals surface area contributed by atoms with Crippen LogP contribution in [-0.4, -0.2) is 61.3 Å². The Morgan fingerprint density at radius 1 is 0.972 bits per heavy atom. The molecule has 1 aromatic rings. The highest BCUT2D eigenvalue weighted by Gasteiger charge is 2.38. The molecule has 3 aliphatic rings. The summed E-state index contributed by atoms with van der Waals surface area (Å²) in [6, 6.07) is 8.05. The molecule has 36 heavy (non-hydrogen) atoms. The van der Waals surface area contributed by atoms with Gasteiger partial charge >= 0.3 is 12.1 Å². The zero-order chi connectivity index (χ0) is 26.1.